The predicted molar refractivity (Wildman–Crippen MR) is 169 cm³/mol. The van der Waals surface area contributed by atoms with Gasteiger partial charge in [0.25, 0.3) is 0 Å². The van der Waals surface area contributed by atoms with Crippen molar-refractivity contribution in [2.45, 2.75) is 88.4 Å². The number of benzene rings is 2. The van der Waals surface area contributed by atoms with Crippen molar-refractivity contribution in [3.8, 4) is 28.6 Å². The molecule has 0 spiro atoms. The number of methoxy groups -OCH3 is 1. The highest BCUT2D eigenvalue weighted by molar-refractivity contribution is 5.90. The SMILES string of the molecule is COc1ccc(-c2oc3c(CC=C(C)C)c(O[C@H]4O[C@@H](CO)[C@H](O)[C@@H](O)[C@@H]4O)cc(O)c3c(=O)c2[C@H]2O[C@@H](C)[C@H](O)[C@@H](O)[C@H]2O)cc1.O. The first-order valence-corrected chi connectivity index (χ1v) is 15.1. The molecule has 48 heavy (non-hydrogen) atoms. The van der Waals surface area contributed by atoms with Gasteiger partial charge in [0, 0.05) is 17.2 Å². The molecular weight excluding hydrogens is 636 g/mol. The number of hydrogen-bond donors (Lipinski definition) is 8. The monoisotopic (exact) mass is 678 g/mol. The third-order valence-electron chi connectivity index (χ3n) is 8.54. The second-order valence-electron chi connectivity index (χ2n) is 12.0. The molecule has 0 bridgehead atoms. The van der Waals surface area contributed by atoms with Crippen LogP contribution in [0.15, 0.2) is 51.2 Å². The zero-order valence-corrected chi connectivity index (χ0v) is 26.7. The summed E-state index contributed by atoms with van der Waals surface area (Å²) in [5, 5.41) is 83.7. The average Bonchev–Trinajstić information content (AvgIpc) is 3.05. The van der Waals surface area contributed by atoms with Crippen LogP contribution in [-0.4, -0.2) is 115 Å². The highest BCUT2D eigenvalue weighted by atomic mass is 16.7. The van der Waals surface area contributed by atoms with Crippen LogP contribution in [0.5, 0.6) is 17.2 Å². The van der Waals surface area contributed by atoms with Crippen molar-refractivity contribution < 1.29 is 69.7 Å². The molecule has 15 nitrogen and oxygen atoms in total. The van der Waals surface area contributed by atoms with Gasteiger partial charge in [0.1, 0.15) is 82.8 Å². The van der Waals surface area contributed by atoms with Crippen molar-refractivity contribution in [1.82, 2.24) is 0 Å². The van der Waals surface area contributed by atoms with Crippen LogP contribution in [-0.2, 0) is 15.9 Å². The summed E-state index contributed by atoms with van der Waals surface area (Å²) in [6, 6.07) is 7.53. The number of phenols is 1. The first-order chi connectivity index (χ1) is 22.3. The van der Waals surface area contributed by atoms with Gasteiger partial charge in [-0.2, -0.15) is 0 Å². The minimum Gasteiger partial charge on any atom is -0.507 e. The van der Waals surface area contributed by atoms with Gasteiger partial charge in [-0.3, -0.25) is 4.79 Å². The first-order valence-electron chi connectivity index (χ1n) is 15.1. The third-order valence-corrected chi connectivity index (χ3v) is 8.54. The smallest absolute Gasteiger partial charge is 0.229 e. The Kier molecular flexibility index (Phi) is 11.5. The van der Waals surface area contributed by atoms with Crippen molar-refractivity contribution >= 4 is 11.0 Å². The second kappa shape index (κ2) is 14.9. The van der Waals surface area contributed by atoms with Gasteiger partial charge in [-0.25, -0.2) is 0 Å². The number of aromatic hydroxyl groups is 1. The van der Waals surface area contributed by atoms with E-state index in [4.69, 9.17) is 23.4 Å². The van der Waals surface area contributed by atoms with Gasteiger partial charge in [0.15, 0.2) is 0 Å². The molecule has 1 aromatic heterocycles. The normalized spacial score (nSPS) is 30.4. The van der Waals surface area contributed by atoms with E-state index in [1.54, 1.807) is 30.3 Å². The zero-order valence-electron chi connectivity index (χ0n) is 26.7. The molecule has 0 aliphatic carbocycles. The lowest BCUT2D eigenvalue weighted by molar-refractivity contribution is -0.277. The standard InChI is InChI=1S/C33H40O14.H2O/c1-13(2)5-10-17-19(45-33-29(42)27(40)24(37)20(12-34)46-33)11-18(35)21-25(38)22(32-28(41)26(39)23(36)14(3)44-32)30(47-31(17)21)15-6-8-16(43-4)9-7-15;/h5-9,11,14,20,23-24,26-29,32-37,39-42H,10,12H2,1-4H3;1H2/t14-,20-,23-,24-,26+,27+,28+,29-,32+,33-;/m0./s1. The Labute approximate surface area is 274 Å². The number of rotatable bonds is 8. The molecule has 3 heterocycles. The fourth-order valence-corrected chi connectivity index (χ4v) is 5.79. The summed E-state index contributed by atoms with van der Waals surface area (Å²) in [6.45, 7) is 4.45. The molecule has 2 fully saturated rings. The van der Waals surface area contributed by atoms with Crippen molar-refractivity contribution in [2.24, 2.45) is 0 Å². The number of aliphatic hydroxyl groups excluding tert-OH is 7. The molecule has 0 amide bonds. The van der Waals surface area contributed by atoms with Crippen LogP contribution >= 0.6 is 0 Å². The maximum Gasteiger partial charge on any atom is 0.229 e. The minimum atomic E-state index is -1.76. The Hall–Kier alpha value is -3.61. The number of aliphatic hydroxyl groups is 7. The largest absolute Gasteiger partial charge is 0.507 e. The number of allylic oxidation sites excluding steroid dienone is 2. The van der Waals surface area contributed by atoms with Gasteiger partial charge in [-0.15, -0.1) is 0 Å². The lowest BCUT2D eigenvalue weighted by atomic mass is 9.89. The Balaban J connectivity index is 0.00000520. The van der Waals surface area contributed by atoms with Gasteiger partial charge in [-0.05, 0) is 51.5 Å². The van der Waals surface area contributed by atoms with Crippen LogP contribution in [0.1, 0.15) is 38.0 Å². The number of ether oxygens (including phenoxy) is 4. The summed E-state index contributed by atoms with van der Waals surface area (Å²) in [4.78, 5) is 14.4. The van der Waals surface area contributed by atoms with E-state index in [2.05, 4.69) is 0 Å². The molecule has 264 valence electrons. The Bertz CT molecular complexity index is 1660. The van der Waals surface area contributed by atoms with Crippen LogP contribution in [0.4, 0.5) is 0 Å². The topological polar surface area (TPSA) is 260 Å². The van der Waals surface area contributed by atoms with Crippen LogP contribution < -0.4 is 14.9 Å². The van der Waals surface area contributed by atoms with Crippen molar-refractivity contribution in [1.29, 1.82) is 0 Å². The maximum absolute atomic E-state index is 14.4. The van der Waals surface area contributed by atoms with Crippen molar-refractivity contribution in [3.05, 3.63) is 63.3 Å². The average molecular weight is 679 g/mol. The summed E-state index contributed by atoms with van der Waals surface area (Å²) in [6.07, 6.45) is -13.5. The lowest BCUT2D eigenvalue weighted by Crippen LogP contribution is -2.60. The molecule has 3 aromatic rings. The predicted octanol–water partition coefficient (Wildman–Crippen LogP) is -0.421. The molecule has 0 saturated carbocycles. The van der Waals surface area contributed by atoms with E-state index in [-0.39, 0.29) is 45.5 Å². The number of fused-ring (bicyclic) bond motifs is 1. The summed E-state index contributed by atoms with van der Waals surface area (Å²) in [7, 11) is 1.48. The zero-order chi connectivity index (χ0) is 34.3. The van der Waals surface area contributed by atoms with E-state index in [0.29, 0.717) is 11.3 Å². The summed E-state index contributed by atoms with van der Waals surface area (Å²) in [5.41, 5.74) is 0.298. The molecule has 5 rings (SSSR count). The molecule has 2 aromatic carbocycles. The van der Waals surface area contributed by atoms with Gasteiger partial charge in [0.2, 0.25) is 11.7 Å². The van der Waals surface area contributed by atoms with Crippen LogP contribution in [0.25, 0.3) is 22.3 Å². The van der Waals surface area contributed by atoms with E-state index < -0.39 is 79.0 Å². The Morgan fingerprint density at radius 2 is 1.56 bits per heavy atom. The van der Waals surface area contributed by atoms with E-state index in [1.807, 2.05) is 13.8 Å². The van der Waals surface area contributed by atoms with Gasteiger partial charge in [0.05, 0.1) is 25.4 Å². The highest BCUT2D eigenvalue weighted by Crippen LogP contribution is 2.42. The van der Waals surface area contributed by atoms with Crippen molar-refractivity contribution in [2.75, 3.05) is 13.7 Å². The van der Waals surface area contributed by atoms with Gasteiger partial charge >= 0.3 is 0 Å². The molecule has 10 N–H and O–H groups in total. The van der Waals surface area contributed by atoms with E-state index >= 15 is 0 Å². The summed E-state index contributed by atoms with van der Waals surface area (Å²) < 4.78 is 29.0. The molecule has 0 radical (unpaired) electrons. The molecule has 2 aliphatic heterocycles. The van der Waals surface area contributed by atoms with E-state index in [0.717, 1.165) is 11.6 Å². The fourth-order valence-electron chi connectivity index (χ4n) is 5.79. The van der Waals surface area contributed by atoms with E-state index in [1.165, 1.54) is 14.0 Å². The third kappa shape index (κ3) is 6.79. The van der Waals surface area contributed by atoms with Crippen LogP contribution in [0.2, 0.25) is 0 Å². The second-order valence-corrected chi connectivity index (χ2v) is 12.0. The molecule has 10 atom stereocenters. The summed E-state index contributed by atoms with van der Waals surface area (Å²) in [5.74, 6) is -0.297. The van der Waals surface area contributed by atoms with Crippen LogP contribution in [0.3, 0.4) is 0 Å². The van der Waals surface area contributed by atoms with Gasteiger partial charge < -0.3 is 69.7 Å². The van der Waals surface area contributed by atoms with E-state index in [9.17, 15) is 45.6 Å². The molecule has 2 aliphatic rings. The highest BCUT2D eigenvalue weighted by Gasteiger charge is 2.46. The number of phenolic OH excluding ortho intramolecular Hbond substituents is 1. The Morgan fingerprint density at radius 3 is 2.17 bits per heavy atom. The fraction of sp³-hybridized carbons (Fsp3) is 0.485. The number of hydrogen-bond acceptors (Lipinski definition) is 14. The van der Waals surface area contributed by atoms with Crippen molar-refractivity contribution in [3.63, 3.8) is 0 Å². The molecule has 0 unspecified atom stereocenters. The molecule has 15 heteroatoms. The quantitative estimate of drug-likeness (QED) is 0.141. The maximum atomic E-state index is 14.4. The first kappa shape index (κ1) is 37.2. The molecule has 2 saturated heterocycles. The molecular formula is C33H42O15. The minimum absolute atomic E-state index is 0. The summed E-state index contributed by atoms with van der Waals surface area (Å²) >= 11 is 0. The van der Waals surface area contributed by atoms with Crippen LogP contribution in [0, 0.1) is 0 Å². The van der Waals surface area contributed by atoms with Gasteiger partial charge in [-0.1, -0.05) is 11.6 Å². The Morgan fingerprint density at radius 1 is 0.917 bits per heavy atom. The lowest BCUT2D eigenvalue weighted by Gasteiger charge is -2.40.